The number of nitrogens with zero attached hydrogens (tertiary/aromatic N) is 2. The van der Waals surface area contributed by atoms with Gasteiger partial charge in [0.05, 0.1) is 0 Å². The Hall–Kier alpha value is -2.28. The first-order chi connectivity index (χ1) is 13.0. The van der Waals surface area contributed by atoms with E-state index in [1.807, 2.05) is 25.1 Å². The monoisotopic (exact) mass is 379 g/mol. The Labute approximate surface area is 169 Å². The van der Waals surface area contributed by atoms with Crippen LogP contribution < -0.4 is 5.32 Å². The van der Waals surface area contributed by atoms with Crippen LogP contribution in [0.2, 0.25) is 0 Å². The maximum absolute atomic E-state index is 12.9. The van der Waals surface area contributed by atoms with Crippen LogP contribution in [0, 0.1) is 29.1 Å². The van der Waals surface area contributed by atoms with Gasteiger partial charge in [0.25, 0.3) is 5.91 Å². The lowest BCUT2D eigenvalue weighted by Crippen LogP contribution is -2.33. The first kappa shape index (κ1) is 20.5. The van der Waals surface area contributed by atoms with Gasteiger partial charge in [-0.25, -0.2) is 0 Å². The third-order valence-electron chi connectivity index (χ3n) is 6.28. The van der Waals surface area contributed by atoms with E-state index in [0.717, 1.165) is 36.2 Å². The highest BCUT2D eigenvalue weighted by Gasteiger charge is 2.48. The summed E-state index contributed by atoms with van der Waals surface area (Å²) in [5.41, 5.74) is 3.70. The number of nitrogens with one attached hydrogen (secondary N) is 1. The summed E-state index contributed by atoms with van der Waals surface area (Å²) in [4.78, 5) is 15.2. The van der Waals surface area contributed by atoms with Crippen LogP contribution in [0.4, 0.5) is 5.69 Å². The van der Waals surface area contributed by atoms with Crippen molar-refractivity contribution >= 4 is 11.6 Å². The molecule has 1 heterocycles. The molecule has 2 aliphatic rings. The SMILES string of the molecule is Cc1cccc(C(C)C)c1NC(=O)/C(C#N)=C\N1CC2(C)CC1CC(C)(C)C2. The van der Waals surface area contributed by atoms with Gasteiger partial charge in [-0.15, -0.1) is 0 Å². The number of rotatable bonds is 4. The maximum Gasteiger partial charge on any atom is 0.267 e. The van der Waals surface area contributed by atoms with Crippen LogP contribution in [0.5, 0.6) is 0 Å². The molecule has 3 rings (SSSR count). The first-order valence-electron chi connectivity index (χ1n) is 10.3. The predicted molar refractivity (Wildman–Crippen MR) is 114 cm³/mol. The number of para-hydroxylation sites is 1. The molecule has 4 nitrogen and oxygen atoms in total. The molecule has 1 saturated heterocycles. The van der Waals surface area contributed by atoms with Gasteiger partial charge in [-0.1, -0.05) is 52.8 Å². The van der Waals surface area contributed by atoms with Crippen molar-refractivity contribution in [3.05, 3.63) is 41.1 Å². The van der Waals surface area contributed by atoms with Crippen molar-refractivity contribution in [1.82, 2.24) is 4.90 Å². The average Bonchev–Trinajstić information content (AvgIpc) is 2.82. The molecular weight excluding hydrogens is 346 g/mol. The summed E-state index contributed by atoms with van der Waals surface area (Å²) in [6.07, 6.45) is 5.24. The zero-order valence-electron chi connectivity index (χ0n) is 18.1. The van der Waals surface area contributed by atoms with Crippen LogP contribution >= 0.6 is 0 Å². The second-order valence-electron chi connectivity index (χ2n) is 10.2. The smallest absolute Gasteiger partial charge is 0.267 e. The Morgan fingerprint density at radius 2 is 2.04 bits per heavy atom. The van der Waals surface area contributed by atoms with E-state index in [9.17, 15) is 10.1 Å². The number of amides is 1. The van der Waals surface area contributed by atoms with Crippen molar-refractivity contribution in [3.63, 3.8) is 0 Å². The molecule has 0 aromatic heterocycles. The first-order valence-corrected chi connectivity index (χ1v) is 10.3. The number of nitriles is 1. The predicted octanol–water partition coefficient (Wildman–Crippen LogP) is 5.37. The van der Waals surface area contributed by atoms with Crippen LogP contribution in [0.15, 0.2) is 30.0 Å². The minimum Gasteiger partial charge on any atom is -0.373 e. The molecule has 0 radical (unpaired) electrons. The molecule has 1 saturated carbocycles. The van der Waals surface area contributed by atoms with Crippen LogP contribution in [-0.4, -0.2) is 23.4 Å². The molecular formula is C24H33N3O. The Kier molecular flexibility index (Phi) is 5.32. The van der Waals surface area contributed by atoms with Gasteiger partial charge < -0.3 is 10.2 Å². The molecule has 1 amide bonds. The summed E-state index contributed by atoms with van der Waals surface area (Å²) in [6.45, 7) is 14.1. The highest BCUT2D eigenvalue weighted by Crippen LogP contribution is 2.52. The summed E-state index contributed by atoms with van der Waals surface area (Å²) in [5.74, 6) is -0.0192. The summed E-state index contributed by atoms with van der Waals surface area (Å²) in [5, 5.41) is 12.7. The van der Waals surface area contributed by atoms with E-state index in [0.29, 0.717) is 17.4 Å². The van der Waals surface area contributed by atoms with Crippen LogP contribution in [0.3, 0.4) is 0 Å². The molecule has 1 N–H and O–H groups in total. The second-order valence-corrected chi connectivity index (χ2v) is 10.2. The molecule has 4 heteroatoms. The largest absolute Gasteiger partial charge is 0.373 e. The van der Waals surface area contributed by atoms with Gasteiger partial charge in [0.1, 0.15) is 11.6 Å². The zero-order valence-corrected chi connectivity index (χ0v) is 18.1. The fourth-order valence-electron chi connectivity index (χ4n) is 5.48. The van der Waals surface area contributed by atoms with Crippen molar-refractivity contribution in [2.45, 2.75) is 72.8 Å². The molecule has 1 aromatic rings. The Bertz CT molecular complexity index is 846. The number of fused-ring (bicyclic) bond motifs is 2. The van der Waals surface area contributed by atoms with E-state index in [4.69, 9.17) is 0 Å². The normalized spacial score (nSPS) is 26.3. The molecule has 0 spiro atoms. The summed E-state index contributed by atoms with van der Waals surface area (Å²) in [6, 6.07) is 8.58. The number of carbonyl (C=O) groups excluding carboxylic acids is 1. The lowest BCUT2D eigenvalue weighted by atomic mass is 9.65. The fraction of sp³-hybridized carbons (Fsp3) is 0.583. The van der Waals surface area contributed by atoms with Gasteiger partial charge in [-0.2, -0.15) is 5.26 Å². The molecule has 1 aliphatic carbocycles. The van der Waals surface area contributed by atoms with Crippen molar-refractivity contribution in [2.24, 2.45) is 10.8 Å². The van der Waals surface area contributed by atoms with E-state index in [1.165, 1.54) is 6.42 Å². The number of likely N-dealkylation sites (tertiary alicyclic amines) is 1. The van der Waals surface area contributed by atoms with Crippen molar-refractivity contribution in [1.29, 1.82) is 5.26 Å². The summed E-state index contributed by atoms with van der Waals surface area (Å²) < 4.78 is 0. The molecule has 150 valence electrons. The Morgan fingerprint density at radius 1 is 1.32 bits per heavy atom. The number of hydrogen-bond donors (Lipinski definition) is 1. The molecule has 1 aliphatic heterocycles. The second kappa shape index (κ2) is 7.28. The molecule has 28 heavy (non-hydrogen) atoms. The standard InChI is InChI=1S/C24H33N3O/c1-16(2)20-9-7-8-17(3)21(20)26-22(28)18(12-25)13-27-15-24(6)11-19(27)10-23(4,5)14-24/h7-9,13,16,19H,10-11,14-15H2,1-6H3,(H,26,28)/b18-13-. The van der Waals surface area contributed by atoms with Gasteiger partial charge in [0.15, 0.2) is 0 Å². The third kappa shape index (κ3) is 4.09. The molecule has 2 unspecified atom stereocenters. The van der Waals surface area contributed by atoms with E-state index in [1.54, 1.807) is 6.20 Å². The van der Waals surface area contributed by atoms with Gasteiger partial charge >= 0.3 is 0 Å². The van der Waals surface area contributed by atoms with Crippen LogP contribution in [0.25, 0.3) is 0 Å². The Balaban J connectivity index is 1.83. The van der Waals surface area contributed by atoms with Gasteiger partial charge in [0, 0.05) is 24.5 Å². The lowest BCUT2D eigenvalue weighted by Gasteiger charge is -2.39. The highest BCUT2D eigenvalue weighted by molar-refractivity contribution is 6.07. The minimum absolute atomic E-state index is 0.187. The number of benzene rings is 1. The van der Waals surface area contributed by atoms with Gasteiger partial charge in [-0.3, -0.25) is 4.79 Å². The molecule has 1 aromatic carbocycles. The highest BCUT2D eigenvalue weighted by atomic mass is 16.1. The Morgan fingerprint density at radius 3 is 2.68 bits per heavy atom. The molecule has 2 atom stereocenters. The molecule has 2 fully saturated rings. The summed E-state index contributed by atoms with van der Waals surface area (Å²) in [7, 11) is 0. The van der Waals surface area contributed by atoms with E-state index >= 15 is 0 Å². The fourth-order valence-corrected chi connectivity index (χ4v) is 5.48. The average molecular weight is 380 g/mol. The van der Waals surface area contributed by atoms with Crippen molar-refractivity contribution < 1.29 is 4.79 Å². The number of anilines is 1. The van der Waals surface area contributed by atoms with Gasteiger partial charge in [-0.05, 0) is 54.1 Å². The summed E-state index contributed by atoms with van der Waals surface area (Å²) >= 11 is 0. The minimum atomic E-state index is -0.315. The number of hydrogen-bond acceptors (Lipinski definition) is 3. The van der Waals surface area contributed by atoms with Gasteiger partial charge in [0.2, 0.25) is 0 Å². The zero-order chi connectivity index (χ0) is 20.7. The van der Waals surface area contributed by atoms with Crippen LogP contribution in [0.1, 0.15) is 70.9 Å². The number of carbonyl (C=O) groups is 1. The lowest BCUT2D eigenvalue weighted by molar-refractivity contribution is -0.112. The van der Waals surface area contributed by atoms with E-state index < -0.39 is 0 Å². The van der Waals surface area contributed by atoms with Crippen LogP contribution in [-0.2, 0) is 4.79 Å². The topological polar surface area (TPSA) is 56.1 Å². The van der Waals surface area contributed by atoms with E-state index in [2.05, 4.69) is 50.9 Å². The number of aryl methyl sites for hydroxylation is 1. The van der Waals surface area contributed by atoms with Crippen molar-refractivity contribution in [3.8, 4) is 6.07 Å². The molecule has 2 bridgehead atoms. The quantitative estimate of drug-likeness (QED) is 0.565. The van der Waals surface area contributed by atoms with E-state index in [-0.39, 0.29) is 16.9 Å². The maximum atomic E-state index is 12.9. The van der Waals surface area contributed by atoms with Crippen molar-refractivity contribution in [2.75, 3.05) is 11.9 Å². The third-order valence-corrected chi connectivity index (χ3v) is 6.28.